The number of carbonyl (C=O) groups is 1. The Bertz CT molecular complexity index is 591. The minimum absolute atomic E-state index is 0.0147. The summed E-state index contributed by atoms with van der Waals surface area (Å²) in [6, 6.07) is 10.6. The zero-order valence-corrected chi connectivity index (χ0v) is 16.9. The fourth-order valence-electron chi connectivity index (χ4n) is 4.80. The van der Waals surface area contributed by atoms with E-state index in [0.717, 1.165) is 0 Å². The van der Waals surface area contributed by atoms with Crippen LogP contribution in [0.15, 0.2) is 30.3 Å². The highest BCUT2D eigenvalue weighted by Crippen LogP contribution is 2.37. The molecule has 0 radical (unpaired) electrons. The van der Waals surface area contributed by atoms with Gasteiger partial charge in [-0.3, -0.25) is 0 Å². The number of hydrogen-bond acceptors (Lipinski definition) is 3. The fourth-order valence-corrected chi connectivity index (χ4v) is 4.80. The van der Waals surface area contributed by atoms with E-state index in [9.17, 15) is 9.90 Å². The molecular weight excluding hydrogens is 338 g/mol. The number of hydrogen-bond donors (Lipinski definition) is 2. The number of aliphatic hydroxyl groups is 1. The van der Waals surface area contributed by atoms with Crippen LogP contribution < -0.4 is 5.32 Å². The summed E-state index contributed by atoms with van der Waals surface area (Å²) in [6.45, 7) is 2.59. The molecular formula is C22H35N3O2. The van der Waals surface area contributed by atoms with Gasteiger partial charge in [-0.05, 0) is 51.3 Å². The predicted octanol–water partition coefficient (Wildman–Crippen LogP) is 3.06. The van der Waals surface area contributed by atoms with Crippen molar-refractivity contribution in [2.75, 3.05) is 40.3 Å². The highest BCUT2D eigenvalue weighted by molar-refractivity contribution is 5.74. The zero-order chi connectivity index (χ0) is 19.3. The van der Waals surface area contributed by atoms with Crippen molar-refractivity contribution in [3.05, 3.63) is 35.9 Å². The maximum atomic E-state index is 12.7. The van der Waals surface area contributed by atoms with Crippen molar-refractivity contribution >= 4 is 6.03 Å². The summed E-state index contributed by atoms with van der Waals surface area (Å²) in [5, 5.41) is 13.8. The first kappa shape index (κ1) is 20.2. The van der Waals surface area contributed by atoms with Crippen LogP contribution in [0.1, 0.15) is 50.0 Å². The summed E-state index contributed by atoms with van der Waals surface area (Å²) in [4.78, 5) is 16.6. The summed E-state index contributed by atoms with van der Waals surface area (Å²) in [7, 11) is 3.95. The Morgan fingerprint density at radius 3 is 2.44 bits per heavy atom. The highest BCUT2D eigenvalue weighted by atomic mass is 16.3. The first-order chi connectivity index (χ1) is 13.0. The zero-order valence-electron chi connectivity index (χ0n) is 16.9. The lowest BCUT2D eigenvalue weighted by Crippen LogP contribution is -2.53. The predicted molar refractivity (Wildman–Crippen MR) is 109 cm³/mol. The molecule has 1 atom stereocenters. The van der Waals surface area contributed by atoms with E-state index >= 15 is 0 Å². The van der Waals surface area contributed by atoms with Crippen molar-refractivity contribution in [3.8, 4) is 0 Å². The van der Waals surface area contributed by atoms with E-state index < -0.39 is 5.60 Å². The first-order valence-electron chi connectivity index (χ1n) is 10.4. The topological polar surface area (TPSA) is 55.8 Å². The third kappa shape index (κ3) is 5.45. The summed E-state index contributed by atoms with van der Waals surface area (Å²) in [5.41, 5.74) is 0.667. The molecule has 27 heavy (non-hydrogen) atoms. The molecule has 150 valence electrons. The van der Waals surface area contributed by atoms with E-state index in [2.05, 4.69) is 35.6 Å². The molecule has 3 rings (SSSR count). The molecule has 1 aromatic carbocycles. The molecule has 1 aliphatic heterocycles. The molecule has 0 aromatic heterocycles. The molecule has 1 aromatic rings. The Labute approximate surface area is 163 Å². The van der Waals surface area contributed by atoms with Crippen molar-refractivity contribution < 1.29 is 9.90 Å². The molecule has 2 N–H and O–H groups in total. The molecule has 2 amide bonds. The third-order valence-electron chi connectivity index (χ3n) is 6.26. The van der Waals surface area contributed by atoms with E-state index in [4.69, 9.17) is 0 Å². The number of carbonyl (C=O) groups excluding carboxylic acids is 1. The van der Waals surface area contributed by atoms with Crippen molar-refractivity contribution in [1.29, 1.82) is 0 Å². The van der Waals surface area contributed by atoms with Crippen LogP contribution in [0.4, 0.5) is 4.79 Å². The summed E-state index contributed by atoms with van der Waals surface area (Å²) in [6.07, 6.45) is 6.41. The molecule has 1 aliphatic carbocycles. The quantitative estimate of drug-likeness (QED) is 0.806. The van der Waals surface area contributed by atoms with E-state index in [1.165, 1.54) is 31.2 Å². The van der Waals surface area contributed by atoms with Gasteiger partial charge in [0.15, 0.2) is 0 Å². The molecule has 2 fully saturated rings. The number of likely N-dealkylation sites (N-methyl/N-ethyl adjacent to an activating group) is 1. The average Bonchev–Trinajstić information content (AvgIpc) is 3.17. The minimum Gasteiger partial charge on any atom is -0.388 e. The maximum absolute atomic E-state index is 12.7. The molecule has 5 heteroatoms. The lowest BCUT2D eigenvalue weighted by molar-refractivity contribution is -0.0293. The van der Waals surface area contributed by atoms with Crippen molar-refractivity contribution in [3.63, 3.8) is 0 Å². The van der Waals surface area contributed by atoms with E-state index in [-0.39, 0.29) is 6.03 Å². The van der Waals surface area contributed by atoms with Gasteiger partial charge in [-0.25, -0.2) is 4.79 Å². The molecule has 0 bridgehead atoms. The fraction of sp³-hybridized carbons (Fsp3) is 0.682. The van der Waals surface area contributed by atoms with Gasteiger partial charge in [-0.1, -0.05) is 43.2 Å². The van der Waals surface area contributed by atoms with Crippen LogP contribution in [0, 0.1) is 5.92 Å². The second-order valence-electron chi connectivity index (χ2n) is 8.70. The summed E-state index contributed by atoms with van der Waals surface area (Å²) < 4.78 is 0. The Morgan fingerprint density at radius 1 is 1.22 bits per heavy atom. The average molecular weight is 374 g/mol. The van der Waals surface area contributed by atoms with Gasteiger partial charge in [-0.15, -0.1) is 0 Å². The van der Waals surface area contributed by atoms with Gasteiger partial charge >= 0.3 is 6.03 Å². The molecule has 2 aliphatic rings. The van der Waals surface area contributed by atoms with Gasteiger partial charge in [0.2, 0.25) is 0 Å². The van der Waals surface area contributed by atoms with Gasteiger partial charge in [0.25, 0.3) is 0 Å². The van der Waals surface area contributed by atoms with Crippen LogP contribution in [0.5, 0.6) is 0 Å². The highest BCUT2D eigenvalue weighted by Gasteiger charge is 2.34. The Hall–Kier alpha value is -1.59. The number of benzene rings is 1. The number of rotatable bonds is 6. The van der Waals surface area contributed by atoms with E-state index in [1.54, 1.807) is 0 Å². The van der Waals surface area contributed by atoms with Crippen LogP contribution >= 0.6 is 0 Å². The van der Waals surface area contributed by atoms with E-state index in [1.807, 2.05) is 23.9 Å². The van der Waals surface area contributed by atoms with Crippen molar-refractivity contribution in [1.82, 2.24) is 15.1 Å². The van der Waals surface area contributed by atoms with Gasteiger partial charge in [-0.2, -0.15) is 0 Å². The smallest absolute Gasteiger partial charge is 0.317 e. The molecule has 1 saturated heterocycles. The number of piperidine rings is 1. The Balaban J connectivity index is 1.54. The number of nitrogens with one attached hydrogen (secondary N) is 1. The van der Waals surface area contributed by atoms with Gasteiger partial charge in [0, 0.05) is 32.1 Å². The number of likely N-dealkylation sites (tertiary alicyclic amines) is 1. The number of urea groups is 1. The lowest BCUT2D eigenvalue weighted by atomic mass is 9.85. The normalized spacial score (nSPS) is 21.4. The largest absolute Gasteiger partial charge is 0.388 e. The van der Waals surface area contributed by atoms with Crippen LogP contribution in [-0.4, -0.2) is 66.8 Å². The van der Waals surface area contributed by atoms with E-state index in [0.29, 0.717) is 50.9 Å². The molecule has 1 saturated carbocycles. The van der Waals surface area contributed by atoms with Crippen LogP contribution in [-0.2, 0) is 0 Å². The first-order valence-corrected chi connectivity index (χ1v) is 10.4. The third-order valence-corrected chi connectivity index (χ3v) is 6.26. The maximum Gasteiger partial charge on any atom is 0.317 e. The van der Waals surface area contributed by atoms with Crippen molar-refractivity contribution in [2.24, 2.45) is 5.92 Å². The van der Waals surface area contributed by atoms with Gasteiger partial charge in [0.1, 0.15) is 0 Å². The monoisotopic (exact) mass is 373 g/mol. The lowest BCUT2D eigenvalue weighted by Gasteiger charge is -2.39. The SMILES string of the molecule is CN(C)CC1(O)CCN(C(=O)NC[C@@H](c2ccccc2)C2CCCC2)CC1. The summed E-state index contributed by atoms with van der Waals surface area (Å²) in [5.74, 6) is 1.06. The standard InChI is InChI=1S/C22H35N3O2/c1-24(2)17-22(27)12-14-25(15-13-22)21(26)23-16-20(19-10-6-7-11-19)18-8-4-3-5-9-18/h3-5,8-9,19-20,27H,6-7,10-17H2,1-2H3,(H,23,26)/t20-/m0/s1. The minimum atomic E-state index is -0.670. The van der Waals surface area contributed by atoms with Crippen LogP contribution in [0.3, 0.4) is 0 Å². The number of amides is 2. The van der Waals surface area contributed by atoms with Gasteiger partial charge in [0.05, 0.1) is 5.60 Å². The Morgan fingerprint density at radius 2 is 1.85 bits per heavy atom. The van der Waals surface area contributed by atoms with Gasteiger partial charge < -0.3 is 20.2 Å². The molecule has 0 spiro atoms. The van der Waals surface area contributed by atoms with Crippen LogP contribution in [0.2, 0.25) is 0 Å². The van der Waals surface area contributed by atoms with Crippen molar-refractivity contribution in [2.45, 2.75) is 50.0 Å². The van der Waals surface area contributed by atoms with Crippen LogP contribution in [0.25, 0.3) is 0 Å². The second-order valence-corrected chi connectivity index (χ2v) is 8.70. The molecule has 0 unspecified atom stereocenters. The molecule has 5 nitrogen and oxygen atoms in total. The Kier molecular flexibility index (Phi) is 6.77. The number of nitrogens with zero attached hydrogens (tertiary/aromatic N) is 2. The second kappa shape index (κ2) is 9.07. The molecule has 1 heterocycles. The summed E-state index contributed by atoms with van der Waals surface area (Å²) >= 11 is 0.